The fraction of sp³-hybridized carbons (Fsp3) is 1.00. The van der Waals surface area contributed by atoms with Gasteiger partial charge in [-0.1, -0.05) is 6.92 Å². The molecule has 0 spiro atoms. The summed E-state index contributed by atoms with van der Waals surface area (Å²) in [7, 11) is 2.00. The van der Waals surface area contributed by atoms with Crippen LogP contribution < -0.4 is 5.32 Å². The van der Waals surface area contributed by atoms with Gasteiger partial charge in [-0.3, -0.25) is 4.90 Å². The van der Waals surface area contributed by atoms with E-state index in [1.807, 2.05) is 7.05 Å². The van der Waals surface area contributed by atoms with Crippen LogP contribution in [0.2, 0.25) is 0 Å². The van der Waals surface area contributed by atoms with Crippen molar-refractivity contribution in [2.45, 2.75) is 50.9 Å². The van der Waals surface area contributed by atoms with Crippen LogP contribution in [-0.4, -0.2) is 49.8 Å². The van der Waals surface area contributed by atoms with Crippen molar-refractivity contribution in [1.82, 2.24) is 10.2 Å². The Labute approximate surface area is 93.2 Å². The van der Waals surface area contributed by atoms with E-state index in [0.717, 1.165) is 19.1 Å². The average Bonchev–Trinajstić information content (AvgIpc) is 2.98. The monoisotopic (exact) mass is 212 g/mol. The molecular weight excluding hydrogens is 188 g/mol. The molecule has 0 bridgehead atoms. The lowest BCUT2D eigenvalue weighted by atomic mass is 10.2. The van der Waals surface area contributed by atoms with Crippen molar-refractivity contribution in [2.24, 2.45) is 0 Å². The lowest BCUT2D eigenvalue weighted by Gasteiger charge is -2.23. The predicted octanol–water partition coefficient (Wildman–Crippen LogP) is 1.24. The van der Waals surface area contributed by atoms with Gasteiger partial charge in [-0.25, -0.2) is 0 Å². The minimum absolute atomic E-state index is 0.456. The Kier molecular flexibility index (Phi) is 4.00. The van der Waals surface area contributed by atoms with Crippen LogP contribution in [0.15, 0.2) is 0 Å². The van der Waals surface area contributed by atoms with Gasteiger partial charge in [0, 0.05) is 19.1 Å². The van der Waals surface area contributed by atoms with E-state index in [1.54, 1.807) is 0 Å². The molecule has 1 aliphatic carbocycles. The summed E-state index contributed by atoms with van der Waals surface area (Å²) in [6.45, 7) is 5.60. The molecule has 3 heteroatoms. The molecule has 3 nitrogen and oxygen atoms in total. The van der Waals surface area contributed by atoms with Gasteiger partial charge in [0.1, 0.15) is 0 Å². The van der Waals surface area contributed by atoms with Gasteiger partial charge in [-0.2, -0.15) is 0 Å². The maximum absolute atomic E-state index is 6.01. The number of ether oxygens (including phenoxy) is 1. The van der Waals surface area contributed by atoms with Crippen molar-refractivity contribution in [3.63, 3.8) is 0 Å². The largest absolute Gasteiger partial charge is 0.372 e. The molecule has 2 aliphatic rings. The molecule has 2 unspecified atom stereocenters. The molecule has 0 aromatic carbocycles. The quantitative estimate of drug-likeness (QED) is 0.717. The Balaban J connectivity index is 1.70. The highest BCUT2D eigenvalue weighted by Crippen LogP contribution is 2.28. The zero-order chi connectivity index (χ0) is 10.7. The number of likely N-dealkylation sites (N-methyl/N-ethyl adjacent to an activating group) is 2. The number of hydrogen-bond acceptors (Lipinski definition) is 3. The maximum atomic E-state index is 6.01. The first-order valence-electron chi connectivity index (χ1n) is 6.37. The summed E-state index contributed by atoms with van der Waals surface area (Å²) in [6, 6.07) is 0.877. The van der Waals surface area contributed by atoms with Gasteiger partial charge in [0.05, 0.1) is 12.2 Å². The normalized spacial score (nSPS) is 31.4. The van der Waals surface area contributed by atoms with Gasteiger partial charge < -0.3 is 10.1 Å². The molecule has 1 saturated carbocycles. The van der Waals surface area contributed by atoms with E-state index in [9.17, 15) is 0 Å². The molecule has 1 heterocycles. The van der Waals surface area contributed by atoms with Crippen molar-refractivity contribution < 1.29 is 4.74 Å². The number of hydrogen-bond donors (Lipinski definition) is 1. The molecule has 0 aromatic heterocycles. The summed E-state index contributed by atoms with van der Waals surface area (Å²) in [6.07, 6.45) is 6.23. The summed E-state index contributed by atoms with van der Waals surface area (Å²) in [5.41, 5.74) is 0. The molecule has 0 aromatic rings. The number of nitrogens with one attached hydrogen (secondary N) is 1. The van der Waals surface area contributed by atoms with Crippen LogP contribution in [0.5, 0.6) is 0 Å². The average molecular weight is 212 g/mol. The van der Waals surface area contributed by atoms with Crippen LogP contribution in [0.3, 0.4) is 0 Å². The minimum atomic E-state index is 0.456. The van der Waals surface area contributed by atoms with Crippen molar-refractivity contribution in [1.29, 1.82) is 0 Å². The molecule has 0 amide bonds. The van der Waals surface area contributed by atoms with Crippen LogP contribution in [0.25, 0.3) is 0 Å². The van der Waals surface area contributed by atoms with E-state index >= 15 is 0 Å². The maximum Gasteiger partial charge on any atom is 0.0707 e. The second-order valence-electron chi connectivity index (χ2n) is 4.83. The molecular formula is C12H24N2O. The van der Waals surface area contributed by atoms with E-state index in [0.29, 0.717) is 12.2 Å². The predicted molar refractivity (Wildman–Crippen MR) is 62.1 cm³/mol. The van der Waals surface area contributed by atoms with Crippen LogP contribution in [0.4, 0.5) is 0 Å². The van der Waals surface area contributed by atoms with Crippen LogP contribution in [0, 0.1) is 0 Å². The van der Waals surface area contributed by atoms with Gasteiger partial charge >= 0.3 is 0 Å². The minimum Gasteiger partial charge on any atom is -0.372 e. The van der Waals surface area contributed by atoms with Crippen LogP contribution >= 0.6 is 0 Å². The SMILES string of the molecule is CCN(CC1CCC(CNC)O1)C1CC1. The standard InChI is InChI=1S/C12H24N2O/c1-3-14(10-4-5-10)9-12-7-6-11(15-12)8-13-2/h10-13H,3-9H2,1-2H3. The van der Waals surface area contributed by atoms with E-state index in [-0.39, 0.29) is 0 Å². The van der Waals surface area contributed by atoms with Gasteiger partial charge in [0.15, 0.2) is 0 Å². The fourth-order valence-electron chi connectivity index (χ4n) is 2.53. The zero-order valence-electron chi connectivity index (χ0n) is 10.0. The first-order valence-corrected chi connectivity index (χ1v) is 6.37. The van der Waals surface area contributed by atoms with Gasteiger partial charge in [-0.15, -0.1) is 0 Å². The second-order valence-corrected chi connectivity index (χ2v) is 4.83. The van der Waals surface area contributed by atoms with Crippen molar-refractivity contribution in [3.8, 4) is 0 Å². The Bertz CT molecular complexity index is 194. The fourth-order valence-corrected chi connectivity index (χ4v) is 2.53. The molecule has 2 rings (SSSR count). The first kappa shape index (κ1) is 11.4. The molecule has 2 atom stereocenters. The third kappa shape index (κ3) is 3.16. The molecule has 1 N–H and O–H groups in total. The third-order valence-corrected chi connectivity index (χ3v) is 3.53. The molecule has 1 saturated heterocycles. The summed E-state index contributed by atoms with van der Waals surface area (Å²) >= 11 is 0. The molecule has 0 radical (unpaired) electrons. The second kappa shape index (κ2) is 5.28. The lowest BCUT2D eigenvalue weighted by molar-refractivity contribution is 0.0235. The van der Waals surface area contributed by atoms with E-state index in [4.69, 9.17) is 4.74 Å². The lowest BCUT2D eigenvalue weighted by Crippen LogP contribution is -2.35. The molecule has 1 aliphatic heterocycles. The molecule has 88 valence electrons. The van der Waals surface area contributed by atoms with E-state index in [2.05, 4.69) is 17.1 Å². The van der Waals surface area contributed by atoms with E-state index in [1.165, 1.54) is 32.2 Å². The van der Waals surface area contributed by atoms with Crippen molar-refractivity contribution >= 4 is 0 Å². The summed E-state index contributed by atoms with van der Waals surface area (Å²) in [5.74, 6) is 0. The smallest absolute Gasteiger partial charge is 0.0707 e. The topological polar surface area (TPSA) is 24.5 Å². The zero-order valence-corrected chi connectivity index (χ0v) is 10.0. The number of nitrogens with zero attached hydrogens (tertiary/aromatic N) is 1. The van der Waals surface area contributed by atoms with Gasteiger partial charge in [0.25, 0.3) is 0 Å². The van der Waals surface area contributed by atoms with Gasteiger partial charge in [-0.05, 0) is 39.3 Å². The van der Waals surface area contributed by atoms with Crippen molar-refractivity contribution in [2.75, 3.05) is 26.7 Å². The first-order chi connectivity index (χ1) is 7.33. The Morgan fingerprint density at radius 3 is 2.53 bits per heavy atom. The van der Waals surface area contributed by atoms with E-state index < -0.39 is 0 Å². The molecule has 15 heavy (non-hydrogen) atoms. The Morgan fingerprint density at radius 2 is 1.93 bits per heavy atom. The van der Waals surface area contributed by atoms with Gasteiger partial charge in [0.2, 0.25) is 0 Å². The third-order valence-electron chi connectivity index (χ3n) is 3.53. The summed E-state index contributed by atoms with van der Waals surface area (Å²) < 4.78 is 6.01. The highest BCUT2D eigenvalue weighted by molar-refractivity contribution is 4.87. The summed E-state index contributed by atoms with van der Waals surface area (Å²) in [5, 5.41) is 3.19. The van der Waals surface area contributed by atoms with Crippen LogP contribution in [0.1, 0.15) is 32.6 Å². The number of rotatable bonds is 6. The highest BCUT2D eigenvalue weighted by atomic mass is 16.5. The van der Waals surface area contributed by atoms with Crippen molar-refractivity contribution in [3.05, 3.63) is 0 Å². The molecule has 2 fully saturated rings. The summed E-state index contributed by atoms with van der Waals surface area (Å²) in [4.78, 5) is 2.59. The Morgan fingerprint density at radius 1 is 1.20 bits per heavy atom. The Hall–Kier alpha value is -0.120. The highest BCUT2D eigenvalue weighted by Gasteiger charge is 2.32. The van der Waals surface area contributed by atoms with Crippen LogP contribution in [-0.2, 0) is 4.74 Å².